The molecule has 0 aliphatic carbocycles. The van der Waals surface area contributed by atoms with Gasteiger partial charge in [-0.25, -0.2) is 0 Å². The van der Waals surface area contributed by atoms with Gasteiger partial charge in [0.2, 0.25) is 0 Å². The van der Waals surface area contributed by atoms with E-state index < -0.39 is 0 Å². The predicted octanol–water partition coefficient (Wildman–Crippen LogP) is 4.28. The van der Waals surface area contributed by atoms with Gasteiger partial charge in [-0.1, -0.05) is 17.7 Å². The molecule has 0 spiro atoms. The standard InChI is InChI=1S/C16H18ClNO2/c1-11-8-13(5-7-15(11)19-2)18-10-12-4-6-16(20-3)14(17)9-12/h4-9,18H,10H2,1-3H3. The number of hydrogen-bond donors (Lipinski definition) is 1. The van der Waals surface area contributed by atoms with Crippen molar-refractivity contribution in [3.63, 3.8) is 0 Å². The second kappa shape index (κ2) is 6.53. The summed E-state index contributed by atoms with van der Waals surface area (Å²) in [4.78, 5) is 0. The fourth-order valence-corrected chi connectivity index (χ4v) is 2.29. The van der Waals surface area contributed by atoms with Crippen molar-refractivity contribution < 1.29 is 9.47 Å². The van der Waals surface area contributed by atoms with Crippen molar-refractivity contribution >= 4 is 17.3 Å². The smallest absolute Gasteiger partial charge is 0.137 e. The van der Waals surface area contributed by atoms with Gasteiger partial charge in [0.25, 0.3) is 0 Å². The first kappa shape index (κ1) is 14.5. The quantitative estimate of drug-likeness (QED) is 0.892. The third-order valence-electron chi connectivity index (χ3n) is 3.11. The van der Waals surface area contributed by atoms with Crippen molar-refractivity contribution in [2.75, 3.05) is 19.5 Å². The second-order valence-corrected chi connectivity index (χ2v) is 4.91. The Morgan fingerprint density at radius 3 is 2.30 bits per heavy atom. The molecule has 1 N–H and O–H groups in total. The SMILES string of the molecule is COc1ccc(NCc2ccc(OC)c(Cl)c2)cc1C. The van der Waals surface area contributed by atoms with Crippen LogP contribution < -0.4 is 14.8 Å². The third-order valence-corrected chi connectivity index (χ3v) is 3.40. The summed E-state index contributed by atoms with van der Waals surface area (Å²) in [5, 5.41) is 3.99. The lowest BCUT2D eigenvalue weighted by Gasteiger charge is -2.11. The van der Waals surface area contributed by atoms with Crippen LogP contribution in [0.15, 0.2) is 36.4 Å². The van der Waals surface area contributed by atoms with Crippen molar-refractivity contribution in [2.45, 2.75) is 13.5 Å². The maximum atomic E-state index is 6.11. The molecule has 0 aromatic heterocycles. The topological polar surface area (TPSA) is 30.5 Å². The van der Waals surface area contributed by atoms with Crippen LogP contribution in [-0.2, 0) is 6.54 Å². The molecule has 0 radical (unpaired) electrons. The van der Waals surface area contributed by atoms with Gasteiger partial charge in [0, 0.05) is 12.2 Å². The number of methoxy groups -OCH3 is 2. The number of ether oxygens (including phenoxy) is 2. The highest BCUT2D eigenvalue weighted by atomic mass is 35.5. The Morgan fingerprint density at radius 1 is 1.00 bits per heavy atom. The monoisotopic (exact) mass is 291 g/mol. The van der Waals surface area contributed by atoms with Crippen molar-refractivity contribution in [1.82, 2.24) is 0 Å². The molecule has 0 unspecified atom stereocenters. The molecule has 0 fully saturated rings. The van der Waals surface area contributed by atoms with E-state index in [0.29, 0.717) is 17.3 Å². The normalized spacial score (nSPS) is 10.2. The van der Waals surface area contributed by atoms with Crippen LogP contribution in [-0.4, -0.2) is 14.2 Å². The van der Waals surface area contributed by atoms with Crippen molar-refractivity contribution in [1.29, 1.82) is 0 Å². The number of halogens is 1. The molecule has 2 rings (SSSR count). The van der Waals surface area contributed by atoms with Gasteiger partial charge in [0.1, 0.15) is 11.5 Å². The molecule has 0 aliphatic heterocycles. The predicted molar refractivity (Wildman–Crippen MR) is 83.1 cm³/mol. The number of anilines is 1. The molecule has 20 heavy (non-hydrogen) atoms. The van der Waals surface area contributed by atoms with Crippen LogP contribution in [0.4, 0.5) is 5.69 Å². The fraction of sp³-hybridized carbons (Fsp3) is 0.250. The van der Waals surface area contributed by atoms with Crippen LogP contribution in [0.25, 0.3) is 0 Å². The number of hydrogen-bond acceptors (Lipinski definition) is 3. The van der Waals surface area contributed by atoms with E-state index in [1.54, 1.807) is 14.2 Å². The summed E-state index contributed by atoms with van der Waals surface area (Å²) < 4.78 is 10.4. The van der Waals surface area contributed by atoms with E-state index in [0.717, 1.165) is 22.6 Å². The molecule has 0 heterocycles. The molecule has 0 saturated heterocycles. The highest BCUT2D eigenvalue weighted by Crippen LogP contribution is 2.26. The van der Waals surface area contributed by atoms with Crippen LogP contribution in [0.1, 0.15) is 11.1 Å². The molecule has 3 nitrogen and oxygen atoms in total. The van der Waals surface area contributed by atoms with Crippen LogP contribution in [0.2, 0.25) is 5.02 Å². The van der Waals surface area contributed by atoms with Crippen molar-refractivity contribution in [3.8, 4) is 11.5 Å². The van der Waals surface area contributed by atoms with Crippen LogP contribution in [0, 0.1) is 6.92 Å². The van der Waals surface area contributed by atoms with E-state index in [9.17, 15) is 0 Å². The zero-order valence-corrected chi connectivity index (χ0v) is 12.6. The maximum Gasteiger partial charge on any atom is 0.137 e. The number of rotatable bonds is 5. The Kier molecular flexibility index (Phi) is 4.74. The Hall–Kier alpha value is -1.87. The summed E-state index contributed by atoms with van der Waals surface area (Å²) in [5.41, 5.74) is 3.25. The molecule has 0 atom stereocenters. The summed E-state index contributed by atoms with van der Waals surface area (Å²) >= 11 is 6.11. The van der Waals surface area contributed by atoms with Gasteiger partial charge in [-0.3, -0.25) is 0 Å². The van der Waals surface area contributed by atoms with Gasteiger partial charge < -0.3 is 14.8 Å². The molecule has 4 heteroatoms. The molecular formula is C16H18ClNO2. The first-order valence-electron chi connectivity index (χ1n) is 6.35. The number of aryl methyl sites for hydroxylation is 1. The minimum Gasteiger partial charge on any atom is -0.496 e. The third kappa shape index (κ3) is 3.36. The average Bonchev–Trinajstić information content (AvgIpc) is 2.45. The van der Waals surface area contributed by atoms with E-state index in [1.165, 1.54) is 0 Å². The van der Waals surface area contributed by atoms with Crippen LogP contribution in [0.5, 0.6) is 11.5 Å². The van der Waals surface area contributed by atoms with Crippen molar-refractivity contribution in [3.05, 3.63) is 52.5 Å². The Labute approximate surface area is 124 Å². The molecule has 0 bridgehead atoms. The summed E-state index contributed by atoms with van der Waals surface area (Å²) in [6.07, 6.45) is 0. The summed E-state index contributed by atoms with van der Waals surface area (Å²) in [5.74, 6) is 1.58. The summed E-state index contributed by atoms with van der Waals surface area (Å²) in [6.45, 7) is 2.73. The van der Waals surface area contributed by atoms with Crippen LogP contribution >= 0.6 is 11.6 Å². The summed E-state index contributed by atoms with van der Waals surface area (Å²) in [7, 11) is 3.29. The summed E-state index contributed by atoms with van der Waals surface area (Å²) in [6, 6.07) is 11.8. The minimum absolute atomic E-state index is 0.623. The van der Waals surface area contributed by atoms with Crippen molar-refractivity contribution in [2.24, 2.45) is 0 Å². The first-order chi connectivity index (χ1) is 9.63. The molecule has 2 aromatic carbocycles. The number of benzene rings is 2. The molecule has 0 amide bonds. The average molecular weight is 292 g/mol. The fourth-order valence-electron chi connectivity index (χ4n) is 2.01. The molecule has 106 valence electrons. The van der Waals surface area contributed by atoms with E-state index >= 15 is 0 Å². The first-order valence-corrected chi connectivity index (χ1v) is 6.72. The van der Waals surface area contributed by atoms with E-state index in [4.69, 9.17) is 21.1 Å². The molecule has 2 aromatic rings. The second-order valence-electron chi connectivity index (χ2n) is 4.51. The Morgan fingerprint density at radius 2 is 1.70 bits per heavy atom. The largest absolute Gasteiger partial charge is 0.496 e. The lowest BCUT2D eigenvalue weighted by Crippen LogP contribution is -2.00. The van der Waals surface area contributed by atoms with Gasteiger partial charge in [-0.2, -0.15) is 0 Å². The van der Waals surface area contributed by atoms with Gasteiger partial charge >= 0.3 is 0 Å². The Balaban J connectivity index is 2.05. The van der Waals surface area contributed by atoms with Crippen LogP contribution in [0.3, 0.4) is 0 Å². The highest BCUT2D eigenvalue weighted by molar-refractivity contribution is 6.32. The van der Waals surface area contributed by atoms with E-state index in [2.05, 4.69) is 11.4 Å². The van der Waals surface area contributed by atoms with Gasteiger partial charge in [-0.15, -0.1) is 0 Å². The zero-order valence-electron chi connectivity index (χ0n) is 11.9. The van der Waals surface area contributed by atoms with Gasteiger partial charge in [-0.05, 0) is 48.4 Å². The van der Waals surface area contributed by atoms with E-state index in [-0.39, 0.29) is 0 Å². The lowest BCUT2D eigenvalue weighted by molar-refractivity contribution is 0.412. The van der Waals surface area contributed by atoms with Gasteiger partial charge in [0.05, 0.1) is 19.2 Å². The molecular weight excluding hydrogens is 274 g/mol. The lowest BCUT2D eigenvalue weighted by atomic mass is 10.1. The highest BCUT2D eigenvalue weighted by Gasteiger charge is 2.03. The number of nitrogens with one attached hydrogen (secondary N) is 1. The van der Waals surface area contributed by atoms with Gasteiger partial charge in [0.15, 0.2) is 0 Å². The zero-order chi connectivity index (χ0) is 14.5. The maximum absolute atomic E-state index is 6.11. The molecule has 0 aliphatic rings. The molecule has 0 saturated carbocycles. The Bertz CT molecular complexity index is 546. The minimum atomic E-state index is 0.623. The van der Waals surface area contributed by atoms with E-state index in [1.807, 2.05) is 37.3 Å².